The number of nitrogens with zero attached hydrogens (tertiary/aromatic N) is 1. The highest BCUT2D eigenvalue weighted by Crippen LogP contribution is 2.54. The van der Waals surface area contributed by atoms with Crippen molar-refractivity contribution < 1.29 is 23.7 Å². The lowest BCUT2D eigenvalue weighted by Gasteiger charge is -2.20. The number of aromatic nitrogens is 2. The molecule has 2 N–H and O–H groups in total. The van der Waals surface area contributed by atoms with Crippen molar-refractivity contribution in [3.8, 4) is 23.0 Å². The highest BCUT2D eigenvalue weighted by molar-refractivity contribution is 8.00. The van der Waals surface area contributed by atoms with Crippen LogP contribution < -0.4 is 24.3 Å². The summed E-state index contributed by atoms with van der Waals surface area (Å²) in [6.07, 6.45) is 1.70. The Bertz CT molecular complexity index is 807. The predicted molar refractivity (Wildman–Crippen MR) is 87.2 cm³/mol. The Balaban J connectivity index is 1.89. The average Bonchev–Trinajstić information content (AvgIpc) is 3.20. The second-order valence-corrected chi connectivity index (χ2v) is 6.30. The minimum absolute atomic E-state index is 0.0836. The van der Waals surface area contributed by atoms with Gasteiger partial charge in [0, 0.05) is 11.1 Å². The molecule has 0 unspecified atom stereocenters. The summed E-state index contributed by atoms with van der Waals surface area (Å²) in [6, 6.07) is 1.87. The second kappa shape index (κ2) is 5.82. The maximum Gasteiger partial charge on any atom is 0.235 e. The van der Waals surface area contributed by atoms with E-state index in [0.717, 1.165) is 11.1 Å². The Hall–Kier alpha value is -2.55. The average molecular weight is 349 g/mol. The number of methoxy groups -OCH3 is 2. The van der Waals surface area contributed by atoms with Gasteiger partial charge in [-0.3, -0.25) is 9.89 Å². The lowest BCUT2D eigenvalue weighted by molar-refractivity contribution is -0.113. The summed E-state index contributed by atoms with van der Waals surface area (Å²) in [7, 11) is 3.13. The third-order valence-corrected chi connectivity index (χ3v) is 5.16. The van der Waals surface area contributed by atoms with E-state index in [1.807, 2.05) is 6.07 Å². The molecule has 8 nitrogen and oxygen atoms in total. The van der Waals surface area contributed by atoms with Crippen molar-refractivity contribution in [3.63, 3.8) is 0 Å². The van der Waals surface area contributed by atoms with Gasteiger partial charge >= 0.3 is 0 Å². The van der Waals surface area contributed by atoms with Gasteiger partial charge in [0.25, 0.3) is 0 Å². The fourth-order valence-electron chi connectivity index (χ4n) is 2.88. The fourth-order valence-corrected chi connectivity index (χ4v) is 3.98. The van der Waals surface area contributed by atoms with E-state index in [4.69, 9.17) is 18.9 Å². The number of hydrogen-bond donors (Lipinski definition) is 2. The molecule has 1 atom stereocenters. The first kappa shape index (κ1) is 15.0. The van der Waals surface area contributed by atoms with Gasteiger partial charge in [-0.05, 0) is 6.07 Å². The lowest BCUT2D eigenvalue weighted by Crippen LogP contribution is -2.12. The molecule has 1 amide bonds. The van der Waals surface area contributed by atoms with Gasteiger partial charge in [-0.25, -0.2) is 0 Å². The minimum atomic E-state index is -0.170. The van der Waals surface area contributed by atoms with Gasteiger partial charge in [0.1, 0.15) is 5.82 Å². The molecule has 3 heterocycles. The van der Waals surface area contributed by atoms with Crippen LogP contribution in [0.4, 0.5) is 5.82 Å². The molecule has 2 aliphatic heterocycles. The Morgan fingerprint density at radius 1 is 1.25 bits per heavy atom. The second-order valence-electron chi connectivity index (χ2n) is 5.21. The molecule has 9 heteroatoms. The van der Waals surface area contributed by atoms with E-state index in [-0.39, 0.29) is 18.0 Å². The quantitative estimate of drug-likeness (QED) is 0.874. The third-order valence-electron chi connectivity index (χ3n) is 3.89. The van der Waals surface area contributed by atoms with Crippen LogP contribution in [0.5, 0.6) is 23.0 Å². The van der Waals surface area contributed by atoms with Crippen molar-refractivity contribution in [2.45, 2.75) is 5.25 Å². The van der Waals surface area contributed by atoms with Gasteiger partial charge in [-0.1, -0.05) is 0 Å². The molecular weight excluding hydrogens is 334 g/mol. The summed E-state index contributed by atoms with van der Waals surface area (Å²) in [5.74, 6) is 2.98. The smallest absolute Gasteiger partial charge is 0.235 e. The van der Waals surface area contributed by atoms with Crippen LogP contribution in [0.3, 0.4) is 0 Å². The summed E-state index contributed by atoms with van der Waals surface area (Å²) in [5, 5.41) is 9.51. The van der Waals surface area contributed by atoms with E-state index in [9.17, 15) is 4.79 Å². The van der Waals surface area contributed by atoms with Crippen molar-refractivity contribution in [1.29, 1.82) is 0 Å². The van der Waals surface area contributed by atoms with E-state index in [2.05, 4.69) is 15.5 Å². The van der Waals surface area contributed by atoms with E-state index in [0.29, 0.717) is 34.6 Å². The summed E-state index contributed by atoms with van der Waals surface area (Å²) in [4.78, 5) is 11.9. The van der Waals surface area contributed by atoms with Crippen LogP contribution in [0.25, 0.3) is 0 Å². The molecule has 0 aliphatic carbocycles. The van der Waals surface area contributed by atoms with Gasteiger partial charge in [0.15, 0.2) is 11.5 Å². The standard InChI is InChI=1S/C15H15N3O5S/c1-20-11-7(3-9-12(13(11)21-2)23-6-22-9)14-8-4-16-18-15(8)17-10(19)5-24-14/h3-4,14H,5-6H2,1-2H3,(H2,16,17,18,19)/t14-/m0/s1. The van der Waals surface area contributed by atoms with Crippen LogP contribution in [0, 0.1) is 0 Å². The van der Waals surface area contributed by atoms with Crippen LogP contribution in [-0.2, 0) is 4.79 Å². The number of hydrogen-bond acceptors (Lipinski definition) is 7. The molecule has 2 aromatic rings. The molecule has 0 saturated heterocycles. The van der Waals surface area contributed by atoms with Crippen LogP contribution in [0.15, 0.2) is 12.3 Å². The Labute approximate surface area is 141 Å². The Morgan fingerprint density at radius 3 is 2.88 bits per heavy atom. The predicted octanol–water partition coefficient (Wildman–Crippen LogP) is 1.93. The van der Waals surface area contributed by atoms with E-state index in [1.54, 1.807) is 20.4 Å². The highest BCUT2D eigenvalue weighted by atomic mass is 32.2. The first-order valence-electron chi connectivity index (χ1n) is 7.22. The monoisotopic (exact) mass is 349 g/mol. The lowest BCUT2D eigenvalue weighted by atomic mass is 10.0. The summed E-state index contributed by atoms with van der Waals surface area (Å²) in [6.45, 7) is 0.132. The molecule has 0 radical (unpaired) electrons. The van der Waals surface area contributed by atoms with E-state index < -0.39 is 0 Å². The molecule has 0 saturated carbocycles. The molecule has 24 heavy (non-hydrogen) atoms. The first-order valence-corrected chi connectivity index (χ1v) is 8.27. The van der Waals surface area contributed by atoms with Gasteiger partial charge in [-0.15, -0.1) is 11.8 Å². The number of anilines is 1. The van der Waals surface area contributed by atoms with E-state index >= 15 is 0 Å². The Morgan fingerprint density at radius 2 is 2.08 bits per heavy atom. The number of nitrogens with one attached hydrogen (secondary N) is 2. The third kappa shape index (κ3) is 2.23. The summed E-state index contributed by atoms with van der Waals surface area (Å²) >= 11 is 1.48. The maximum atomic E-state index is 11.9. The number of H-pyrrole nitrogens is 1. The molecule has 1 aromatic carbocycles. The largest absolute Gasteiger partial charge is 0.492 e. The molecule has 4 rings (SSSR count). The van der Waals surface area contributed by atoms with Crippen molar-refractivity contribution in [2.24, 2.45) is 0 Å². The van der Waals surface area contributed by atoms with Crippen molar-refractivity contribution in [1.82, 2.24) is 10.2 Å². The maximum absolute atomic E-state index is 11.9. The van der Waals surface area contributed by atoms with Crippen molar-refractivity contribution in [3.05, 3.63) is 23.4 Å². The minimum Gasteiger partial charge on any atom is -0.492 e. The zero-order valence-corrected chi connectivity index (χ0v) is 13.9. The molecule has 2 aliphatic rings. The molecular formula is C15H15N3O5S. The molecule has 1 aromatic heterocycles. The highest BCUT2D eigenvalue weighted by Gasteiger charge is 2.33. The number of ether oxygens (including phenoxy) is 4. The van der Waals surface area contributed by atoms with Crippen LogP contribution in [0.1, 0.15) is 16.4 Å². The number of thioether (sulfide) groups is 1. The van der Waals surface area contributed by atoms with E-state index in [1.165, 1.54) is 11.8 Å². The van der Waals surface area contributed by atoms with Crippen LogP contribution in [-0.4, -0.2) is 42.9 Å². The number of benzene rings is 1. The van der Waals surface area contributed by atoms with Crippen molar-refractivity contribution in [2.75, 3.05) is 32.1 Å². The van der Waals surface area contributed by atoms with Gasteiger partial charge in [0.05, 0.1) is 31.4 Å². The first-order chi connectivity index (χ1) is 11.7. The fraction of sp³-hybridized carbons (Fsp3) is 0.333. The van der Waals surface area contributed by atoms with Gasteiger partial charge in [0.2, 0.25) is 24.2 Å². The van der Waals surface area contributed by atoms with Crippen molar-refractivity contribution >= 4 is 23.5 Å². The molecule has 0 bridgehead atoms. The zero-order chi connectivity index (χ0) is 16.7. The van der Waals surface area contributed by atoms with Gasteiger partial charge in [-0.2, -0.15) is 5.10 Å². The van der Waals surface area contributed by atoms with Crippen LogP contribution >= 0.6 is 11.8 Å². The molecule has 0 fully saturated rings. The zero-order valence-electron chi connectivity index (χ0n) is 13.0. The number of carbonyl (C=O) groups is 1. The molecule has 126 valence electrons. The Kier molecular flexibility index (Phi) is 3.64. The number of fused-ring (bicyclic) bond motifs is 2. The number of carbonyl (C=O) groups excluding carboxylic acids is 1. The number of amides is 1. The normalized spacial score (nSPS) is 18.6. The number of rotatable bonds is 3. The van der Waals surface area contributed by atoms with Crippen LogP contribution in [0.2, 0.25) is 0 Å². The molecule has 0 spiro atoms. The van der Waals surface area contributed by atoms with Gasteiger partial charge < -0.3 is 24.3 Å². The number of aromatic amines is 1. The summed E-state index contributed by atoms with van der Waals surface area (Å²) in [5.41, 5.74) is 1.70. The SMILES string of the molecule is COc1c([C@@H]2SCC(=O)Nc3[nH]ncc32)cc2c(c1OC)OCO2. The topological polar surface area (TPSA) is 94.7 Å². The summed E-state index contributed by atoms with van der Waals surface area (Å²) < 4.78 is 22.1.